The summed E-state index contributed by atoms with van der Waals surface area (Å²) in [7, 11) is -1.13. The van der Waals surface area contributed by atoms with Crippen LogP contribution in [0, 0.1) is 11.3 Å². The highest BCUT2D eigenvalue weighted by Gasteiger charge is 2.22. The lowest BCUT2D eigenvalue weighted by atomic mass is 10.3. The Morgan fingerprint density at radius 2 is 2.25 bits per heavy atom. The van der Waals surface area contributed by atoms with E-state index in [2.05, 4.69) is 9.71 Å². The molecule has 2 unspecified atom stereocenters. The topological polar surface area (TPSA) is 65.8 Å². The van der Waals surface area contributed by atoms with E-state index >= 15 is 0 Å². The van der Waals surface area contributed by atoms with Crippen LogP contribution in [0.5, 0.6) is 0 Å². The fourth-order valence-electron chi connectivity index (χ4n) is 0.926. The van der Waals surface area contributed by atoms with Crippen molar-refractivity contribution in [2.45, 2.75) is 38.5 Å². The SMILES string of the molecule is CC(NS(=O)C(C)(C)C)c1nc(C#N)cs1. The van der Waals surface area contributed by atoms with E-state index in [4.69, 9.17) is 5.26 Å². The summed E-state index contributed by atoms with van der Waals surface area (Å²) in [4.78, 5) is 4.12. The smallest absolute Gasteiger partial charge is 0.151 e. The van der Waals surface area contributed by atoms with E-state index < -0.39 is 11.0 Å². The molecule has 0 saturated carbocycles. The molecule has 0 aliphatic carbocycles. The lowest BCUT2D eigenvalue weighted by molar-refractivity contribution is 0.615. The summed E-state index contributed by atoms with van der Waals surface area (Å²) < 4.78 is 14.5. The third-order valence-corrected chi connectivity index (χ3v) is 4.55. The van der Waals surface area contributed by atoms with E-state index in [-0.39, 0.29) is 10.8 Å². The highest BCUT2D eigenvalue weighted by molar-refractivity contribution is 7.84. The fourth-order valence-corrected chi connectivity index (χ4v) is 2.54. The van der Waals surface area contributed by atoms with Gasteiger partial charge in [-0.2, -0.15) is 5.26 Å². The normalized spacial score (nSPS) is 15.4. The number of hydrogen-bond acceptors (Lipinski definition) is 4. The Kier molecular flexibility index (Phi) is 4.19. The molecule has 1 aromatic heterocycles. The molecule has 88 valence electrons. The van der Waals surface area contributed by atoms with Crippen molar-refractivity contribution >= 4 is 22.3 Å². The van der Waals surface area contributed by atoms with Gasteiger partial charge in [0.1, 0.15) is 11.1 Å². The quantitative estimate of drug-likeness (QED) is 0.902. The summed E-state index contributed by atoms with van der Waals surface area (Å²) in [5.41, 5.74) is 0.412. The molecule has 6 heteroatoms. The molecule has 1 N–H and O–H groups in total. The molecule has 1 heterocycles. The molecule has 0 radical (unpaired) electrons. The monoisotopic (exact) mass is 257 g/mol. The maximum absolute atomic E-state index is 11.8. The second-order valence-electron chi connectivity index (χ2n) is 4.40. The number of hydrogen-bond donors (Lipinski definition) is 1. The van der Waals surface area contributed by atoms with Crippen LogP contribution < -0.4 is 4.72 Å². The molecule has 2 atom stereocenters. The van der Waals surface area contributed by atoms with Gasteiger partial charge in [-0.25, -0.2) is 13.9 Å². The van der Waals surface area contributed by atoms with Gasteiger partial charge in [0.05, 0.1) is 21.8 Å². The first-order chi connectivity index (χ1) is 7.34. The Balaban J connectivity index is 2.70. The second-order valence-corrected chi connectivity index (χ2v) is 7.29. The van der Waals surface area contributed by atoms with Gasteiger partial charge >= 0.3 is 0 Å². The van der Waals surface area contributed by atoms with Crippen LogP contribution in [-0.2, 0) is 11.0 Å². The molecule has 0 aliphatic rings. The first-order valence-corrected chi connectivity index (χ1v) is 6.91. The van der Waals surface area contributed by atoms with Crippen molar-refractivity contribution in [3.8, 4) is 6.07 Å². The number of thiazole rings is 1. The first kappa shape index (κ1) is 13.3. The zero-order valence-corrected chi connectivity index (χ0v) is 11.4. The average molecular weight is 257 g/mol. The van der Waals surface area contributed by atoms with Crippen molar-refractivity contribution in [3.63, 3.8) is 0 Å². The predicted molar refractivity (Wildman–Crippen MR) is 66.3 cm³/mol. The molecule has 1 aromatic rings. The Morgan fingerprint density at radius 1 is 1.62 bits per heavy atom. The predicted octanol–water partition coefficient (Wildman–Crippen LogP) is 2.13. The van der Waals surface area contributed by atoms with E-state index in [0.717, 1.165) is 5.01 Å². The summed E-state index contributed by atoms with van der Waals surface area (Å²) in [6, 6.07) is 1.88. The summed E-state index contributed by atoms with van der Waals surface area (Å²) >= 11 is 1.40. The van der Waals surface area contributed by atoms with Crippen molar-refractivity contribution in [1.82, 2.24) is 9.71 Å². The number of nitriles is 1. The van der Waals surface area contributed by atoms with Crippen molar-refractivity contribution in [3.05, 3.63) is 16.1 Å². The average Bonchev–Trinajstić information content (AvgIpc) is 2.64. The largest absolute Gasteiger partial charge is 0.242 e. The maximum atomic E-state index is 11.8. The third kappa shape index (κ3) is 3.37. The Labute approximate surface area is 102 Å². The molecule has 0 amide bonds. The Hall–Kier alpha value is -0.770. The van der Waals surface area contributed by atoms with Crippen LogP contribution in [0.15, 0.2) is 5.38 Å². The van der Waals surface area contributed by atoms with Gasteiger partial charge in [0.15, 0.2) is 5.69 Å². The number of nitrogens with one attached hydrogen (secondary N) is 1. The molecule has 0 aromatic carbocycles. The van der Waals surface area contributed by atoms with E-state index in [9.17, 15) is 4.21 Å². The molecule has 0 saturated heterocycles. The zero-order chi connectivity index (χ0) is 12.3. The van der Waals surface area contributed by atoms with Crippen molar-refractivity contribution < 1.29 is 4.21 Å². The van der Waals surface area contributed by atoms with Gasteiger partial charge < -0.3 is 0 Å². The summed E-state index contributed by atoms with van der Waals surface area (Å²) in [6.07, 6.45) is 0. The zero-order valence-electron chi connectivity index (χ0n) is 9.77. The van der Waals surface area contributed by atoms with Crippen LogP contribution >= 0.6 is 11.3 Å². The van der Waals surface area contributed by atoms with Gasteiger partial charge in [0, 0.05) is 5.38 Å². The fraction of sp³-hybridized carbons (Fsp3) is 0.600. The van der Waals surface area contributed by atoms with E-state index in [1.165, 1.54) is 11.3 Å². The lowest BCUT2D eigenvalue weighted by Gasteiger charge is -2.20. The first-order valence-electron chi connectivity index (χ1n) is 4.88. The Morgan fingerprint density at radius 3 is 2.69 bits per heavy atom. The molecular formula is C10H15N3OS2. The van der Waals surface area contributed by atoms with Crippen LogP contribution in [0.1, 0.15) is 44.4 Å². The number of nitrogens with zero attached hydrogens (tertiary/aromatic N) is 2. The van der Waals surface area contributed by atoms with Gasteiger partial charge in [-0.15, -0.1) is 11.3 Å². The summed E-state index contributed by atoms with van der Waals surface area (Å²) in [5.74, 6) is 0. The standard InChI is InChI=1S/C10H15N3OS2/c1-7(13-16(14)10(2,3)4)9-12-8(5-11)6-15-9/h6-7,13H,1-4H3. The summed E-state index contributed by atoms with van der Waals surface area (Å²) in [6.45, 7) is 7.62. The van der Waals surface area contributed by atoms with E-state index in [1.807, 2.05) is 33.8 Å². The lowest BCUT2D eigenvalue weighted by Crippen LogP contribution is -2.34. The van der Waals surface area contributed by atoms with E-state index in [0.29, 0.717) is 5.69 Å². The van der Waals surface area contributed by atoms with Gasteiger partial charge in [-0.05, 0) is 27.7 Å². The molecule has 16 heavy (non-hydrogen) atoms. The van der Waals surface area contributed by atoms with Crippen LogP contribution in [0.3, 0.4) is 0 Å². The molecule has 4 nitrogen and oxygen atoms in total. The van der Waals surface area contributed by atoms with Gasteiger partial charge in [0.25, 0.3) is 0 Å². The van der Waals surface area contributed by atoms with Crippen LogP contribution in [0.4, 0.5) is 0 Å². The van der Waals surface area contributed by atoms with Gasteiger partial charge in [0.2, 0.25) is 0 Å². The Bertz CT molecular complexity index is 428. The van der Waals surface area contributed by atoms with Gasteiger partial charge in [-0.3, -0.25) is 0 Å². The van der Waals surface area contributed by atoms with Crippen LogP contribution in [0.25, 0.3) is 0 Å². The van der Waals surface area contributed by atoms with Crippen molar-refractivity contribution in [1.29, 1.82) is 5.26 Å². The summed E-state index contributed by atoms with van der Waals surface area (Å²) in [5, 5.41) is 11.1. The minimum atomic E-state index is -1.13. The highest BCUT2D eigenvalue weighted by Crippen LogP contribution is 2.20. The maximum Gasteiger partial charge on any atom is 0.151 e. The molecular weight excluding hydrogens is 242 g/mol. The van der Waals surface area contributed by atoms with Crippen LogP contribution in [-0.4, -0.2) is 13.9 Å². The van der Waals surface area contributed by atoms with Gasteiger partial charge in [-0.1, -0.05) is 0 Å². The second kappa shape index (κ2) is 5.04. The van der Waals surface area contributed by atoms with Crippen molar-refractivity contribution in [2.24, 2.45) is 0 Å². The van der Waals surface area contributed by atoms with Crippen molar-refractivity contribution in [2.75, 3.05) is 0 Å². The highest BCUT2D eigenvalue weighted by atomic mass is 32.2. The molecule has 1 rings (SSSR count). The molecule has 0 bridgehead atoms. The molecule has 0 fully saturated rings. The number of aromatic nitrogens is 1. The third-order valence-electron chi connectivity index (χ3n) is 1.85. The number of rotatable bonds is 3. The minimum Gasteiger partial charge on any atom is -0.242 e. The molecule has 0 aliphatic heterocycles. The molecule has 0 spiro atoms. The van der Waals surface area contributed by atoms with Crippen LogP contribution in [0.2, 0.25) is 0 Å². The minimum absolute atomic E-state index is 0.104. The van der Waals surface area contributed by atoms with E-state index in [1.54, 1.807) is 5.38 Å².